The maximum Gasteiger partial charge on any atom is 0.315 e. The van der Waals surface area contributed by atoms with Gasteiger partial charge < -0.3 is 15.7 Å². The van der Waals surface area contributed by atoms with E-state index in [2.05, 4.69) is 16.6 Å². The summed E-state index contributed by atoms with van der Waals surface area (Å²) in [5, 5.41) is 14.1. The molecule has 1 rings (SSSR count). The van der Waals surface area contributed by atoms with Crippen molar-refractivity contribution in [2.45, 2.75) is 38.3 Å². The fourth-order valence-corrected chi connectivity index (χ4v) is 1.80. The maximum absolute atomic E-state index is 11.4. The molecule has 2 amide bonds. The van der Waals surface area contributed by atoms with Crippen molar-refractivity contribution in [3.8, 4) is 12.3 Å². The summed E-state index contributed by atoms with van der Waals surface area (Å²) in [6, 6.07) is -0.718. The highest BCUT2D eigenvalue weighted by molar-refractivity contribution is 5.75. The number of terminal acetylenes is 1. The third-order valence-corrected chi connectivity index (χ3v) is 2.71. The van der Waals surface area contributed by atoms with Crippen molar-refractivity contribution in [1.29, 1.82) is 0 Å². The van der Waals surface area contributed by atoms with Gasteiger partial charge in [0.25, 0.3) is 0 Å². The molecule has 0 radical (unpaired) electrons. The van der Waals surface area contributed by atoms with Gasteiger partial charge in [0.15, 0.2) is 0 Å². The molecule has 3 atom stereocenters. The minimum Gasteiger partial charge on any atom is -0.481 e. The summed E-state index contributed by atoms with van der Waals surface area (Å²) >= 11 is 0. The topological polar surface area (TPSA) is 78.4 Å². The minimum absolute atomic E-state index is 0.0638. The lowest BCUT2D eigenvalue weighted by Gasteiger charge is -2.14. The van der Waals surface area contributed by atoms with E-state index < -0.39 is 5.97 Å². The van der Waals surface area contributed by atoms with Gasteiger partial charge in [0, 0.05) is 6.04 Å². The molecule has 3 unspecified atom stereocenters. The van der Waals surface area contributed by atoms with Crippen molar-refractivity contribution in [2.75, 3.05) is 0 Å². The first-order valence-electron chi connectivity index (χ1n) is 5.29. The Morgan fingerprint density at radius 3 is 2.69 bits per heavy atom. The number of urea groups is 1. The number of hydrogen-bond acceptors (Lipinski definition) is 2. The Morgan fingerprint density at radius 2 is 2.19 bits per heavy atom. The number of hydrogen-bond donors (Lipinski definition) is 3. The highest BCUT2D eigenvalue weighted by Crippen LogP contribution is 2.25. The Kier molecular flexibility index (Phi) is 4.18. The van der Waals surface area contributed by atoms with Crippen LogP contribution in [0.4, 0.5) is 4.79 Å². The monoisotopic (exact) mass is 224 g/mol. The molecule has 1 aliphatic carbocycles. The average Bonchev–Trinajstić information content (AvgIpc) is 2.65. The van der Waals surface area contributed by atoms with Crippen LogP contribution in [0.1, 0.15) is 26.2 Å². The van der Waals surface area contributed by atoms with E-state index in [1.807, 2.05) is 0 Å². The molecule has 0 bridgehead atoms. The van der Waals surface area contributed by atoms with E-state index in [9.17, 15) is 9.59 Å². The summed E-state index contributed by atoms with van der Waals surface area (Å²) in [6.45, 7) is 1.70. The van der Waals surface area contributed by atoms with Gasteiger partial charge in [0.05, 0.1) is 12.0 Å². The lowest BCUT2D eigenvalue weighted by molar-refractivity contribution is -0.141. The fourth-order valence-electron chi connectivity index (χ4n) is 1.80. The zero-order chi connectivity index (χ0) is 12.1. The van der Waals surface area contributed by atoms with Gasteiger partial charge in [-0.2, -0.15) is 0 Å². The van der Waals surface area contributed by atoms with Crippen LogP contribution >= 0.6 is 0 Å². The zero-order valence-electron chi connectivity index (χ0n) is 9.19. The van der Waals surface area contributed by atoms with E-state index in [0.29, 0.717) is 19.3 Å². The molecule has 0 saturated heterocycles. The Hall–Kier alpha value is -1.70. The summed E-state index contributed by atoms with van der Waals surface area (Å²) in [6.07, 6.45) is 6.93. The van der Waals surface area contributed by atoms with Crippen LogP contribution < -0.4 is 10.6 Å². The zero-order valence-corrected chi connectivity index (χ0v) is 9.19. The summed E-state index contributed by atoms with van der Waals surface area (Å²) < 4.78 is 0. The van der Waals surface area contributed by atoms with Gasteiger partial charge in [-0.3, -0.25) is 4.79 Å². The van der Waals surface area contributed by atoms with Gasteiger partial charge in [0.2, 0.25) is 0 Å². The van der Waals surface area contributed by atoms with E-state index in [1.54, 1.807) is 6.92 Å². The normalized spacial score (nSPS) is 25.5. The lowest BCUT2D eigenvalue weighted by atomic mass is 10.1. The van der Waals surface area contributed by atoms with E-state index in [4.69, 9.17) is 11.5 Å². The molecule has 5 heteroatoms. The molecular weight excluding hydrogens is 208 g/mol. The number of carboxylic acids is 1. The van der Waals surface area contributed by atoms with E-state index in [-0.39, 0.29) is 24.0 Å². The smallest absolute Gasteiger partial charge is 0.315 e. The highest BCUT2D eigenvalue weighted by atomic mass is 16.4. The molecule has 3 N–H and O–H groups in total. The standard InChI is InChI=1S/C11H16N2O3/c1-3-7(2)12-11(16)13-9-5-4-8(6-9)10(14)15/h1,7-9H,4-6H2,2H3,(H,14,15)(H2,12,13,16). The van der Waals surface area contributed by atoms with Crippen LogP contribution in [0.25, 0.3) is 0 Å². The number of carboxylic acid groups (broad SMARTS) is 1. The van der Waals surface area contributed by atoms with Gasteiger partial charge in [-0.15, -0.1) is 6.42 Å². The quantitative estimate of drug-likeness (QED) is 0.613. The molecule has 0 aliphatic heterocycles. The molecule has 0 aromatic rings. The van der Waals surface area contributed by atoms with Gasteiger partial charge in [-0.1, -0.05) is 5.92 Å². The van der Waals surface area contributed by atoms with Crippen molar-refractivity contribution in [3.05, 3.63) is 0 Å². The SMILES string of the molecule is C#CC(C)NC(=O)NC1CCC(C(=O)O)C1. The predicted molar refractivity (Wildman–Crippen MR) is 58.7 cm³/mol. The second-order valence-electron chi connectivity index (χ2n) is 4.05. The van der Waals surface area contributed by atoms with Crippen LogP contribution in [0.5, 0.6) is 0 Å². The van der Waals surface area contributed by atoms with Crippen LogP contribution in [-0.4, -0.2) is 29.2 Å². The second kappa shape index (κ2) is 5.40. The molecule has 0 aromatic heterocycles. The number of rotatable bonds is 3. The van der Waals surface area contributed by atoms with Crippen molar-refractivity contribution < 1.29 is 14.7 Å². The molecule has 1 saturated carbocycles. The third-order valence-electron chi connectivity index (χ3n) is 2.71. The number of amides is 2. The molecule has 88 valence electrons. The average molecular weight is 224 g/mol. The van der Waals surface area contributed by atoms with Gasteiger partial charge in [-0.25, -0.2) is 4.79 Å². The second-order valence-corrected chi connectivity index (χ2v) is 4.05. The Labute approximate surface area is 94.6 Å². The number of carbonyl (C=O) groups is 2. The van der Waals surface area contributed by atoms with Gasteiger partial charge in [-0.05, 0) is 26.2 Å². The molecular formula is C11H16N2O3. The molecule has 16 heavy (non-hydrogen) atoms. The Balaban J connectivity index is 2.32. The predicted octanol–water partition coefficient (Wildman–Crippen LogP) is 0.561. The van der Waals surface area contributed by atoms with Crippen LogP contribution in [-0.2, 0) is 4.79 Å². The number of carbonyl (C=O) groups excluding carboxylic acids is 1. The minimum atomic E-state index is -0.790. The maximum atomic E-state index is 11.4. The molecule has 0 aromatic carbocycles. The number of nitrogens with one attached hydrogen (secondary N) is 2. The largest absolute Gasteiger partial charge is 0.481 e. The van der Waals surface area contributed by atoms with E-state index >= 15 is 0 Å². The lowest BCUT2D eigenvalue weighted by Crippen LogP contribution is -2.44. The van der Waals surface area contributed by atoms with Crippen molar-refractivity contribution in [3.63, 3.8) is 0 Å². The molecule has 1 fully saturated rings. The van der Waals surface area contributed by atoms with Crippen LogP contribution in [0, 0.1) is 18.3 Å². The summed E-state index contributed by atoms with van der Waals surface area (Å²) in [7, 11) is 0. The first-order valence-corrected chi connectivity index (χ1v) is 5.29. The van der Waals surface area contributed by atoms with Crippen molar-refractivity contribution in [1.82, 2.24) is 10.6 Å². The summed E-state index contributed by atoms with van der Waals surface area (Å²) in [4.78, 5) is 22.1. The van der Waals surface area contributed by atoms with Crippen LogP contribution in [0.2, 0.25) is 0 Å². The van der Waals surface area contributed by atoms with Crippen LogP contribution in [0.3, 0.4) is 0 Å². The van der Waals surface area contributed by atoms with E-state index in [1.165, 1.54) is 0 Å². The third kappa shape index (κ3) is 3.46. The van der Waals surface area contributed by atoms with Gasteiger partial charge in [0.1, 0.15) is 0 Å². The summed E-state index contributed by atoms with van der Waals surface area (Å²) in [5.74, 6) is 1.25. The Bertz CT molecular complexity index is 322. The molecule has 5 nitrogen and oxygen atoms in total. The van der Waals surface area contributed by atoms with Crippen molar-refractivity contribution in [2.24, 2.45) is 5.92 Å². The molecule has 1 aliphatic rings. The molecule has 0 spiro atoms. The first-order chi connectivity index (χ1) is 7.52. The summed E-state index contributed by atoms with van der Waals surface area (Å²) in [5.41, 5.74) is 0. The van der Waals surface area contributed by atoms with Crippen LogP contribution in [0.15, 0.2) is 0 Å². The molecule has 0 heterocycles. The number of aliphatic carboxylic acids is 1. The fraction of sp³-hybridized carbons (Fsp3) is 0.636. The highest BCUT2D eigenvalue weighted by Gasteiger charge is 2.30. The van der Waals surface area contributed by atoms with Crippen molar-refractivity contribution >= 4 is 12.0 Å². The van der Waals surface area contributed by atoms with Gasteiger partial charge >= 0.3 is 12.0 Å². The first kappa shape index (κ1) is 12.4. The van der Waals surface area contributed by atoms with E-state index in [0.717, 1.165) is 0 Å². The Morgan fingerprint density at radius 1 is 1.50 bits per heavy atom.